The van der Waals surface area contributed by atoms with Crippen molar-refractivity contribution >= 4 is 16.8 Å². The second-order valence-corrected chi connectivity index (χ2v) is 0. The number of nitrogens with zero attached hydrogens (tertiary/aromatic N) is 1. The summed E-state index contributed by atoms with van der Waals surface area (Å²) in [6.45, 7) is 0. The third kappa shape index (κ3) is 10.0. The minimum Gasteiger partial charge on any atom is -0.577 e. The van der Waals surface area contributed by atoms with Crippen LogP contribution in [0.15, 0.2) is 0 Å². The zero-order chi connectivity index (χ0) is 4.71. The van der Waals surface area contributed by atoms with Gasteiger partial charge in [-0.25, -0.2) is 0 Å². The summed E-state index contributed by atoms with van der Waals surface area (Å²) < 4.78 is 6.40. The van der Waals surface area contributed by atoms with Crippen LogP contribution in [0.4, 0.5) is 0 Å². The van der Waals surface area contributed by atoms with Gasteiger partial charge in [0.2, 0.25) is 0 Å². The Kier molecular flexibility index (Phi) is 35.3. The standard InChI is InChI=1S/HI.NO.U.H/c;1-2;;/h1H;;;/q;-1;+1;/p-1/i;;;1+1. The molecule has 0 rings (SSSR count). The fraction of sp³-hybridized carbons (Fsp3) is 0. The molecule has 0 aliphatic rings. The van der Waals surface area contributed by atoms with Crippen LogP contribution < -0.4 is 0 Å². The molecule has 0 saturated heterocycles. The minimum atomic E-state index is -0.785. The van der Waals surface area contributed by atoms with Crippen molar-refractivity contribution in [2.75, 3.05) is 0 Å². The van der Waals surface area contributed by atoms with Crippen LogP contribution in [0.2, 0.25) is 0 Å². The molecule has 0 spiro atoms. The van der Waals surface area contributed by atoms with Crippen molar-refractivity contribution in [2.24, 2.45) is 0 Å². The van der Waals surface area contributed by atoms with Gasteiger partial charge in [-0.05, 0) is 0 Å². The summed E-state index contributed by atoms with van der Waals surface area (Å²) in [5, 5.41) is 0. The van der Waals surface area contributed by atoms with Gasteiger partial charge in [0, 0.05) is 0 Å². The number of halogens is 1. The molecular formula is HINOU-. The molecular weight excluding hydrogens is 395 g/mol. The van der Waals surface area contributed by atoms with Crippen LogP contribution in [-0.4, -0.2) is 0.194 Å². The van der Waals surface area contributed by atoms with E-state index in [9.17, 15) is 0 Å². The average Bonchev–Trinajstić information content (AvgIpc) is 1.46. The Morgan fingerprint density at radius 1 is 2.25 bits per heavy atom. The SMILES string of the molecule is [2H][U][I].[N-]=O. The summed E-state index contributed by atoms with van der Waals surface area (Å²) in [5.74, 6) is 0. The third-order valence-electron chi connectivity index (χ3n) is 0. The number of hydrogen-bond acceptors (Lipinski definition) is 1. The molecule has 0 amide bonds. The zero-order valence-corrected chi connectivity index (χ0v) is 8.05. The van der Waals surface area contributed by atoms with Gasteiger partial charge in [-0.15, -0.1) is 0 Å². The molecule has 4 heavy (non-hydrogen) atoms. The van der Waals surface area contributed by atoms with E-state index in [1.54, 1.807) is 0 Å². The Morgan fingerprint density at radius 2 is 2.25 bits per heavy atom. The largest absolute Gasteiger partial charge is 0.577 e. The molecule has 4 heteroatoms. The van der Waals surface area contributed by atoms with Crippen LogP contribution in [0, 0.1) is 29.4 Å². The number of rotatable bonds is 0. The van der Waals surface area contributed by atoms with E-state index >= 15 is 0 Å². The van der Waals surface area contributed by atoms with Crippen LogP contribution in [-0.2, 0) is 0 Å². The molecule has 0 saturated carbocycles. The maximum atomic E-state index is 7.25. The Bertz CT molecular complexity index is 15.6. The summed E-state index contributed by atoms with van der Waals surface area (Å²) in [5.41, 5.74) is 5.75. The van der Waals surface area contributed by atoms with Crippen molar-refractivity contribution in [1.82, 2.24) is 0 Å². The van der Waals surface area contributed by atoms with Gasteiger partial charge in [0.05, 0.1) is 0 Å². The maximum absolute atomic E-state index is 7.25. The molecule has 2 nitrogen and oxygen atoms in total. The Balaban J connectivity index is 0. The van der Waals surface area contributed by atoms with Gasteiger partial charge in [0.25, 0.3) is 0 Å². The van der Waals surface area contributed by atoms with Gasteiger partial charge in [-0.1, -0.05) is 0 Å². The van der Waals surface area contributed by atoms with Crippen molar-refractivity contribution < 1.29 is 24.5 Å². The predicted molar refractivity (Wildman–Crippen MR) is 22.1 cm³/mol. The van der Waals surface area contributed by atoms with Gasteiger partial charge in [-0.3, -0.25) is 0 Å². The molecule has 0 aliphatic heterocycles. The summed E-state index contributed by atoms with van der Waals surface area (Å²) in [4.78, 5) is 7.25. The summed E-state index contributed by atoms with van der Waals surface area (Å²) in [6, 6.07) is 0. The summed E-state index contributed by atoms with van der Waals surface area (Å²) >= 11 is 1.38. The first-order chi connectivity index (χ1) is 2.41. The van der Waals surface area contributed by atoms with E-state index in [1.165, 1.54) is 0 Å². The average molecular weight is 397 g/mol. The third-order valence-corrected chi connectivity index (χ3v) is 0. The smallest absolute Gasteiger partial charge is 0.423 e. The fourth-order valence-electron chi connectivity index (χ4n) is 0. The zero-order valence-electron chi connectivity index (χ0n) is 2.73. The molecule has 0 atom stereocenters. The molecule has 0 aromatic carbocycles. The monoisotopic (exact) mass is 397 g/mol. The summed E-state index contributed by atoms with van der Waals surface area (Å²) in [7, 11) is 0. The first kappa shape index (κ1) is 5.38. The fourth-order valence-corrected chi connectivity index (χ4v) is 0. The predicted octanol–water partition coefficient (Wildman–Crippen LogP) is 0.940. The van der Waals surface area contributed by atoms with Crippen molar-refractivity contribution in [1.29, 1.82) is 0.194 Å². The Hall–Kier alpha value is 1.38. The van der Waals surface area contributed by atoms with E-state index < -0.39 is 24.5 Å². The van der Waals surface area contributed by atoms with E-state index in [1.807, 2.05) is 0 Å². The molecule has 0 heterocycles. The van der Waals surface area contributed by atoms with Crippen LogP contribution in [0.25, 0.3) is 5.59 Å². The van der Waals surface area contributed by atoms with Gasteiger partial charge in [-0.2, -0.15) is 0 Å². The maximum Gasteiger partial charge on any atom is -0.423 e. The Labute approximate surface area is 51.3 Å². The van der Waals surface area contributed by atoms with E-state index in [0.29, 0.717) is 0 Å². The van der Waals surface area contributed by atoms with E-state index in [4.69, 9.17) is 10.7 Å². The summed E-state index contributed by atoms with van der Waals surface area (Å²) in [6.07, 6.45) is 0. The first-order valence-electron chi connectivity index (χ1n) is 0.872. The van der Waals surface area contributed by atoms with Crippen molar-refractivity contribution in [3.63, 3.8) is 0 Å². The molecule has 0 aromatic heterocycles. The molecule has 0 fully saturated rings. The van der Waals surface area contributed by atoms with Crippen LogP contribution >= 0.6 is 16.8 Å². The quantitative estimate of drug-likeness (QED) is 0.562. The molecule has 0 bridgehead atoms. The van der Waals surface area contributed by atoms with E-state index in [-0.39, 0.29) is 0 Å². The molecule has 0 N–H and O–H groups in total. The van der Waals surface area contributed by atoms with Crippen LogP contribution in [0.5, 0.6) is 0 Å². The van der Waals surface area contributed by atoms with Crippen LogP contribution in [0.3, 0.4) is 0 Å². The number of hydrogen-bond donors (Lipinski definition) is 0. The van der Waals surface area contributed by atoms with Gasteiger partial charge in [0.1, 0.15) is 0 Å². The molecule has 24 valence electrons. The molecule has 0 unspecified atom stereocenters. The molecule has 0 radical (unpaired) electrons. The minimum absolute atomic E-state index is 0.785. The first-order valence-corrected chi connectivity index (χ1v) is 12.0. The van der Waals surface area contributed by atoms with Gasteiger partial charge in [0.15, 0.2) is 0 Å². The van der Waals surface area contributed by atoms with Crippen LogP contribution in [0.1, 0.15) is 0 Å². The second-order valence-electron chi connectivity index (χ2n) is 0. The van der Waals surface area contributed by atoms with Crippen molar-refractivity contribution in [2.45, 2.75) is 0 Å². The second kappa shape index (κ2) is 26.2. The Morgan fingerprint density at radius 3 is 2.25 bits per heavy atom. The van der Waals surface area contributed by atoms with E-state index in [2.05, 4.69) is 16.8 Å². The van der Waals surface area contributed by atoms with Crippen molar-refractivity contribution in [3.05, 3.63) is 10.5 Å². The van der Waals surface area contributed by atoms with Gasteiger partial charge < -0.3 is 10.5 Å². The topological polar surface area (TPSA) is 39.4 Å². The normalized spacial score (nSPS) is 3.75. The van der Waals surface area contributed by atoms with E-state index in [0.717, 1.165) is 0 Å². The molecule has 0 aromatic rings. The molecule has 0 aliphatic carbocycles. The van der Waals surface area contributed by atoms with Gasteiger partial charge >= 0.3 is 41.5 Å². The van der Waals surface area contributed by atoms with Crippen molar-refractivity contribution in [3.8, 4) is 0 Å². The number of nitroso groups, excluding NO2 is 1.